The van der Waals surface area contributed by atoms with E-state index < -0.39 is 17.8 Å². The molecule has 0 radical (unpaired) electrons. The van der Waals surface area contributed by atoms with Crippen LogP contribution in [0.4, 0.5) is 11.4 Å². The summed E-state index contributed by atoms with van der Waals surface area (Å²) in [5, 5.41) is 0.604. The average molecular weight is 582 g/mol. The van der Waals surface area contributed by atoms with Crippen LogP contribution in [0, 0.1) is 0 Å². The van der Waals surface area contributed by atoms with Crippen LogP contribution in [0.5, 0.6) is 0 Å². The van der Waals surface area contributed by atoms with Crippen molar-refractivity contribution in [3.05, 3.63) is 95.6 Å². The van der Waals surface area contributed by atoms with Gasteiger partial charge in [0.2, 0.25) is 0 Å². The summed E-state index contributed by atoms with van der Waals surface area (Å²) in [4.78, 5) is 44.4. The number of carbonyl (C=O) groups excluding carboxylic acids is 3. The van der Waals surface area contributed by atoms with Gasteiger partial charge >= 0.3 is 5.97 Å². The minimum Gasteiger partial charge on any atom is -0.378 e. The first-order valence-corrected chi connectivity index (χ1v) is 14.6. The Bertz CT molecular complexity index is 1460. The Morgan fingerprint density at radius 3 is 2.05 bits per heavy atom. The molecule has 0 N–H and O–H groups in total. The van der Waals surface area contributed by atoms with E-state index in [0.29, 0.717) is 11.5 Å². The summed E-state index contributed by atoms with van der Waals surface area (Å²) in [5.74, 6) is -1.47. The fourth-order valence-electron chi connectivity index (χ4n) is 4.81. The highest BCUT2D eigenvalue weighted by atomic mass is 16.7. The molecule has 2 amide bonds. The lowest BCUT2D eigenvalue weighted by atomic mass is 9.95. The molecule has 2 aliphatic rings. The Morgan fingerprint density at radius 1 is 0.860 bits per heavy atom. The summed E-state index contributed by atoms with van der Waals surface area (Å²) in [6.45, 7) is 0.758. The maximum atomic E-state index is 12.0. The van der Waals surface area contributed by atoms with E-state index in [1.54, 1.807) is 0 Å². The molecule has 1 saturated heterocycles. The third kappa shape index (κ3) is 8.41. The number of hydrogen-bond acceptors (Lipinski definition) is 6. The highest BCUT2D eigenvalue weighted by molar-refractivity contribution is 6.04. The maximum absolute atomic E-state index is 12.0. The number of imide groups is 1. The van der Waals surface area contributed by atoms with E-state index in [2.05, 4.69) is 99.4 Å². The highest BCUT2D eigenvalue weighted by Crippen LogP contribution is 2.27. The monoisotopic (exact) mass is 581 g/mol. The second kappa shape index (κ2) is 14.4. The van der Waals surface area contributed by atoms with Crippen molar-refractivity contribution in [1.29, 1.82) is 0 Å². The predicted octanol–water partition coefficient (Wildman–Crippen LogP) is 5.27. The number of nitrogens with zero attached hydrogens (tertiary/aromatic N) is 4. The third-order valence-corrected chi connectivity index (χ3v) is 7.49. The van der Waals surface area contributed by atoms with E-state index >= 15 is 0 Å². The lowest BCUT2D eigenvalue weighted by Gasteiger charge is -2.19. The summed E-state index contributed by atoms with van der Waals surface area (Å²) in [6, 6.07) is 17.0. The molecule has 0 bridgehead atoms. The molecular weight excluding hydrogens is 540 g/mol. The fourth-order valence-corrected chi connectivity index (χ4v) is 4.81. The lowest BCUT2D eigenvalue weighted by molar-refractivity contribution is -0.462. The van der Waals surface area contributed by atoms with Crippen molar-refractivity contribution in [3.8, 4) is 0 Å². The Labute approximate surface area is 254 Å². The number of allylic oxidation sites excluding steroid dienone is 7. The zero-order valence-corrected chi connectivity index (χ0v) is 25.7. The van der Waals surface area contributed by atoms with Gasteiger partial charge in [0, 0.05) is 70.5 Å². The second-order valence-electron chi connectivity index (χ2n) is 11.1. The molecule has 1 aliphatic heterocycles. The molecule has 1 fully saturated rings. The van der Waals surface area contributed by atoms with Gasteiger partial charge in [-0.1, -0.05) is 36.4 Å². The molecule has 8 nitrogen and oxygen atoms in total. The minimum absolute atomic E-state index is 0.0978. The molecule has 0 aromatic heterocycles. The summed E-state index contributed by atoms with van der Waals surface area (Å²) < 4.78 is 2.10. The van der Waals surface area contributed by atoms with Gasteiger partial charge in [-0.2, -0.15) is 0 Å². The van der Waals surface area contributed by atoms with E-state index in [4.69, 9.17) is 4.84 Å². The zero-order chi connectivity index (χ0) is 30.9. The number of unbranched alkanes of at least 4 members (excludes halogenated alkanes) is 1. The van der Waals surface area contributed by atoms with Crippen LogP contribution in [0.25, 0.3) is 11.6 Å². The Balaban J connectivity index is 1.37. The topological polar surface area (TPSA) is 73.2 Å². The Kier molecular flexibility index (Phi) is 10.5. The third-order valence-electron chi connectivity index (χ3n) is 7.49. The molecule has 4 rings (SSSR count). The van der Waals surface area contributed by atoms with Gasteiger partial charge < -0.3 is 14.6 Å². The van der Waals surface area contributed by atoms with Gasteiger partial charge in [-0.3, -0.25) is 9.59 Å². The molecule has 0 atom stereocenters. The molecule has 0 saturated carbocycles. The minimum atomic E-state index is -0.555. The van der Waals surface area contributed by atoms with Gasteiger partial charge in [0.1, 0.15) is 14.1 Å². The van der Waals surface area contributed by atoms with Crippen molar-refractivity contribution < 1.29 is 23.8 Å². The quantitative estimate of drug-likeness (QED) is 0.205. The van der Waals surface area contributed by atoms with Crippen molar-refractivity contribution >= 4 is 46.5 Å². The number of benzene rings is 2. The summed E-state index contributed by atoms with van der Waals surface area (Å²) in [7, 11) is 10.2. The lowest BCUT2D eigenvalue weighted by Crippen LogP contribution is -2.32. The molecule has 0 unspecified atom stereocenters. The number of hydrogen-bond donors (Lipinski definition) is 0. The van der Waals surface area contributed by atoms with Gasteiger partial charge in [-0.25, -0.2) is 9.37 Å². The first-order chi connectivity index (χ1) is 20.6. The first kappa shape index (κ1) is 31.2. The second-order valence-corrected chi connectivity index (χ2v) is 11.1. The summed E-state index contributed by atoms with van der Waals surface area (Å²) in [5.41, 5.74) is 7.94. The molecule has 1 aliphatic carbocycles. The molecule has 2 aromatic carbocycles. The van der Waals surface area contributed by atoms with Crippen LogP contribution in [0.15, 0.2) is 84.5 Å². The van der Waals surface area contributed by atoms with E-state index in [1.165, 1.54) is 0 Å². The van der Waals surface area contributed by atoms with Gasteiger partial charge in [0.25, 0.3) is 11.8 Å². The fraction of sp³-hybridized carbons (Fsp3) is 0.314. The first-order valence-electron chi connectivity index (χ1n) is 14.6. The number of anilines is 2. The normalized spacial score (nSPS) is 14.6. The van der Waals surface area contributed by atoms with E-state index in [-0.39, 0.29) is 19.3 Å². The molecular formula is C35H41N4O4+. The van der Waals surface area contributed by atoms with Gasteiger partial charge in [0.05, 0.1) is 0 Å². The standard InChI is InChI=1S/C35H41N4O4/c1-36(2)29-18-12-27(13-19-29)32(28-14-20-30(21-15-28)37(3)4)22-11-26-9-16-31(17-10-26)38(5)25-7-6-8-35(42)43-39-33(40)23-24-34(39)41/h9-22H,6-8,23-25H2,1-5H3/q+1. The molecule has 43 heavy (non-hydrogen) atoms. The summed E-state index contributed by atoms with van der Waals surface area (Å²) >= 11 is 0. The number of hydroxylamine groups is 2. The molecule has 224 valence electrons. The smallest absolute Gasteiger partial charge is 0.333 e. The van der Waals surface area contributed by atoms with Gasteiger partial charge in [-0.05, 0) is 71.5 Å². The van der Waals surface area contributed by atoms with Crippen LogP contribution < -0.4 is 9.80 Å². The molecule has 1 heterocycles. The van der Waals surface area contributed by atoms with E-state index in [1.807, 2.05) is 35.2 Å². The average Bonchev–Trinajstić information content (AvgIpc) is 3.32. The number of carbonyl (C=O) groups is 3. The number of amides is 2. The van der Waals surface area contributed by atoms with Gasteiger partial charge in [-0.15, -0.1) is 5.06 Å². The van der Waals surface area contributed by atoms with Crippen molar-refractivity contribution in [2.24, 2.45) is 0 Å². The zero-order valence-electron chi connectivity index (χ0n) is 25.7. The molecule has 2 aromatic rings. The van der Waals surface area contributed by atoms with Crippen LogP contribution in [0.2, 0.25) is 0 Å². The number of rotatable bonds is 11. The molecule has 8 heteroatoms. The SMILES string of the molecule is CN(C)c1ccc(C(/C=C/c2ccc(N(C)CCCCC(=O)ON3C(=O)CCC3=O)cc2)=C2C=CC(=[N+](C)C)C=C2)cc1. The van der Waals surface area contributed by atoms with E-state index in [0.717, 1.165) is 52.3 Å². The Hall–Kier alpha value is -4.72. The van der Waals surface area contributed by atoms with Gasteiger partial charge in [0.15, 0.2) is 5.71 Å². The Morgan fingerprint density at radius 2 is 1.47 bits per heavy atom. The summed E-state index contributed by atoms with van der Waals surface area (Å²) in [6.07, 6.45) is 14.6. The van der Waals surface area contributed by atoms with Crippen LogP contribution in [-0.2, 0) is 19.2 Å². The largest absolute Gasteiger partial charge is 0.378 e. The van der Waals surface area contributed by atoms with E-state index in [9.17, 15) is 14.4 Å². The van der Waals surface area contributed by atoms with Crippen molar-refractivity contribution in [2.75, 3.05) is 51.6 Å². The van der Waals surface area contributed by atoms with Crippen LogP contribution >= 0.6 is 0 Å². The van der Waals surface area contributed by atoms with Crippen LogP contribution in [-0.4, -0.2) is 74.9 Å². The van der Waals surface area contributed by atoms with Crippen LogP contribution in [0.3, 0.4) is 0 Å². The van der Waals surface area contributed by atoms with Crippen molar-refractivity contribution in [3.63, 3.8) is 0 Å². The highest BCUT2D eigenvalue weighted by Gasteiger charge is 2.32. The van der Waals surface area contributed by atoms with Crippen molar-refractivity contribution in [2.45, 2.75) is 32.1 Å². The van der Waals surface area contributed by atoms with Crippen molar-refractivity contribution in [1.82, 2.24) is 5.06 Å². The molecule has 0 spiro atoms. The predicted molar refractivity (Wildman–Crippen MR) is 173 cm³/mol. The maximum Gasteiger partial charge on any atom is 0.333 e. The van der Waals surface area contributed by atoms with Crippen LogP contribution in [0.1, 0.15) is 43.2 Å².